The number of ether oxygens (including phenoxy) is 1. The van der Waals surface area contributed by atoms with E-state index in [0.717, 1.165) is 5.56 Å². The van der Waals surface area contributed by atoms with E-state index in [1.807, 2.05) is 0 Å². The van der Waals surface area contributed by atoms with Crippen LogP contribution in [0.4, 0.5) is 5.82 Å². The zero-order valence-electron chi connectivity index (χ0n) is 21.1. The Balaban J connectivity index is 1.51. The van der Waals surface area contributed by atoms with Gasteiger partial charge in [0.25, 0.3) is 0 Å². The van der Waals surface area contributed by atoms with Crippen molar-refractivity contribution in [3.05, 3.63) is 47.5 Å². The van der Waals surface area contributed by atoms with Crippen molar-refractivity contribution < 1.29 is 29.6 Å². The molecule has 4 rings (SSSR count). The van der Waals surface area contributed by atoms with E-state index in [2.05, 4.69) is 26.8 Å². The molecule has 39 heavy (non-hydrogen) atoms. The van der Waals surface area contributed by atoms with E-state index in [9.17, 15) is 24.9 Å². The number of aliphatic hydroxyl groups is 2. The number of anilines is 1. The molecular formula is C25H30N8O6. The monoisotopic (exact) mass is 538 g/mol. The first-order valence-corrected chi connectivity index (χ1v) is 12.1. The molecule has 1 fully saturated rings. The minimum atomic E-state index is -1.31. The number of aliphatic carboxylic acids is 1. The number of nitrogens with two attached hydrogens (primary N) is 3. The summed E-state index contributed by atoms with van der Waals surface area (Å²) in [6.45, 7) is 2.28. The number of hydrogen-bond acceptors (Lipinski definition) is 11. The number of primary amides is 1. The van der Waals surface area contributed by atoms with Gasteiger partial charge in [-0.3, -0.25) is 19.1 Å². The largest absolute Gasteiger partial charge is 0.480 e. The predicted molar refractivity (Wildman–Crippen MR) is 139 cm³/mol. The summed E-state index contributed by atoms with van der Waals surface area (Å²) in [6, 6.07) is 4.02. The van der Waals surface area contributed by atoms with Crippen molar-refractivity contribution in [3.63, 3.8) is 0 Å². The predicted octanol–water partition coefficient (Wildman–Crippen LogP) is -1.41. The number of aliphatic hydroxyl groups excluding tert-OH is 2. The number of benzene rings is 1. The number of aromatic nitrogens is 4. The first-order chi connectivity index (χ1) is 18.6. The Morgan fingerprint density at radius 1 is 1.23 bits per heavy atom. The van der Waals surface area contributed by atoms with Crippen LogP contribution in [0.5, 0.6) is 0 Å². The third-order valence-electron chi connectivity index (χ3n) is 6.55. The van der Waals surface area contributed by atoms with E-state index >= 15 is 0 Å². The van der Waals surface area contributed by atoms with Gasteiger partial charge >= 0.3 is 5.97 Å². The Hall–Kier alpha value is -4.13. The van der Waals surface area contributed by atoms with Crippen LogP contribution >= 0.6 is 0 Å². The van der Waals surface area contributed by atoms with Crippen molar-refractivity contribution in [1.82, 2.24) is 24.4 Å². The normalized spacial score (nSPS) is 21.6. The summed E-state index contributed by atoms with van der Waals surface area (Å²) in [5.74, 6) is 4.44. The van der Waals surface area contributed by atoms with Gasteiger partial charge in [0.2, 0.25) is 5.91 Å². The number of rotatable bonds is 9. The van der Waals surface area contributed by atoms with Gasteiger partial charge in [-0.05, 0) is 31.0 Å². The summed E-state index contributed by atoms with van der Waals surface area (Å²) < 4.78 is 7.49. The van der Waals surface area contributed by atoms with Crippen LogP contribution in [-0.4, -0.2) is 95.6 Å². The smallest absolute Gasteiger partial charge is 0.320 e. The number of aryl methyl sites for hydroxylation is 1. The highest BCUT2D eigenvalue weighted by atomic mass is 16.6. The van der Waals surface area contributed by atoms with E-state index in [-0.39, 0.29) is 31.9 Å². The molecule has 5 atom stereocenters. The Morgan fingerprint density at radius 3 is 2.72 bits per heavy atom. The van der Waals surface area contributed by atoms with Crippen LogP contribution < -0.4 is 17.2 Å². The van der Waals surface area contributed by atoms with Crippen LogP contribution in [-0.2, 0) is 9.53 Å². The molecule has 0 aliphatic carbocycles. The molecule has 1 saturated heterocycles. The quantitative estimate of drug-likeness (QED) is 0.173. The number of carbonyl (C=O) groups is 2. The lowest BCUT2D eigenvalue weighted by molar-refractivity contribution is -0.138. The molecule has 0 saturated carbocycles. The second kappa shape index (κ2) is 11.7. The summed E-state index contributed by atoms with van der Waals surface area (Å²) in [6.07, 6.45) is -1.66. The molecular weight excluding hydrogens is 508 g/mol. The highest BCUT2D eigenvalue weighted by molar-refractivity contribution is 5.94. The first kappa shape index (κ1) is 27.9. The van der Waals surface area contributed by atoms with Gasteiger partial charge in [-0.25, -0.2) is 15.0 Å². The van der Waals surface area contributed by atoms with Crippen molar-refractivity contribution in [2.75, 3.05) is 25.4 Å². The molecule has 1 aliphatic rings. The van der Waals surface area contributed by atoms with E-state index in [1.54, 1.807) is 30.0 Å². The van der Waals surface area contributed by atoms with Crippen molar-refractivity contribution in [2.45, 2.75) is 43.9 Å². The number of nitrogen functional groups attached to an aromatic ring is 1. The van der Waals surface area contributed by atoms with Crippen LogP contribution in [0.25, 0.3) is 11.2 Å². The third kappa shape index (κ3) is 6.14. The molecule has 1 amide bonds. The Morgan fingerprint density at radius 2 is 2.00 bits per heavy atom. The molecule has 14 nitrogen and oxygen atoms in total. The Bertz CT molecular complexity index is 1430. The summed E-state index contributed by atoms with van der Waals surface area (Å²) >= 11 is 0. The molecule has 0 bridgehead atoms. The van der Waals surface area contributed by atoms with Crippen molar-refractivity contribution in [2.24, 2.45) is 11.5 Å². The lowest BCUT2D eigenvalue weighted by Crippen LogP contribution is -2.42. The molecule has 2 aromatic heterocycles. The number of imidazole rings is 1. The van der Waals surface area contributed by atoms with E-state index < -0.39 is 42.5 Å². The fourth-order valence-corrected chi connectivity index (χ4v) is 4.32. The van der Waals surface area contributed by atoms with Crippen molar-refractivity contribution >= 4 is 28.9 Å². The summed E-state index contributed by atoms with van der Waals surface area (Å²) in [5, 5.41) is 30.7. The number of fused-ring (bicyclic) bond motifs is 1. The zero-order valence-corrected chi connectivity index (χ0v) is 21.1. The second-order valence-corrected chi connectivity index (χ2v) is 9.29. The molecule has 0 radical (unpaired) electrons. The molecule has 3 aromatic rings. The maximum atomic E-state index is 11.6. The van der Waals surface area contributed by atoms with Gasteiger partial charge < -0.3 is 37.3 Å². The SMILES string of the molecule is Cc1ccc(C#CCN(CC[C@H](N)C(=O)O)C[C@H]2O[C@@H](n3cnc4c(N)ncnc43)[C@H](O)[C@@H]2O)cc1C(N)=O. The number of nitrogens with zero attached hydrogens (tertiary/aromatic N) is 5. The first-order valence-electron chi connectivity index (χ1n) is 12.1. The molecule has 1 aliphatic heterocycles. The summed E-state index contributed by atoms with van der Waals surface area (Å²) in [4.78, 5) is 36.9. The third-order valence-corrected chi connectivity index (χ3v) is 6.55. The average Bonchev–Trinajstić information content (AvgIpc) is 3.45. The fourth-order valence-electron chi connectivity index (χ4n) is 4.32. The average molecular weight is 539 g/mol. The Kier molecular flexibility index (Phi) is 8.38. The highest BCUT2D eigenvalue weighted by Crippen LogP contribution is 2.32. The van der Waals surface area contributed by atoms with Gasteiger partial charge in [-0.15, -0.1) is 0 Å². The van der Waals surface area contributed by atoms with Gasteiger partial charge in [0.15, 0.2) is 17.7 Å². The van der Waals surface area contributed by atoms with E-state index in [1.165, 1.54) is 17.2 Å². The molecule has 1 aromatic carbocycles. The van der Waals surface area contributed by atoms with E-state index in [4.69, 9.17) is 21.9 Å². The lowest BCUT2D eigenvalue weighted by atomic mass is 10.0. The number of carboxylic acid groups (broad SMARTS) is 1. The Labute approximate surface area is 223 Å². The van der Waals surface area contributed by atoms with Crippen LogP contribution in [0, 0.1) is 18.8 Å². The van der Waals surface area contributed by atoms with Gasteiger partial charge in [0.1, 0.15) is 36.2 Å². The van der Waals surface area contributed by atoms with Gasteiger partial charge in [0.05, 0.1) is 12.9 Å². The van der Waals surface area contributed by atoms with Crippen molar-refractivity contribution in [3.8, 4) is 11.8 Å². The van der Waals surface area contributed by atoms with Gasteiger partial charge in [0, 0.05) is 24.2 Å². The number of carboxylic acids is 1. The summed E-state index contributed by atoms with van der Waals surface area (Å²) in [5.41, 5.74) is 19.3. The molecule has 9 N–H and O–H groups in total. The minimum Gasteiger partial charge on any atom is -0.480 e. The highest BCUT2D eigenvalue weighted by Gasteiger charge is 2.44. The van der Waals surface area contributed by atoms with Crippen molar-refractivity contribution in [1.29, 1.82) is 0 Å². The number of carbonyl (C=O) groups excluding carboxylic acids is 1. The van der Waals surface area contributed by atoms with Gasteiger partial charge in [-0.1, -0.05) is 17.9 Å². The zero-order chi connectivity index (χ0) is 28.3. The van der Waals surface area contributed by atoms with Crippen LogP contribution in [0.2, 0.25) is 0 Å². The summed E-state index contributed by atoms with van der Waals surface area (Å²) in [7, 11) is 0. The maximum absolute atomic E-state index is 11.6. The topological polar surface area (TPSA) is 229 Å². The maximum Gasteiger partial charge on any atom is 0.320 e. The van der Waals surface area contributed by atoms with E-state index in [0.29, 0.717) is 22.3 Å². The molecule has 3 heterocycles. The lowest BCUT2D eigenvalue weighted by Gasteiger charge is -2.25. The molecule has 0 spiro atoms. The number of amides is 1. The fraction of sp³-hybridized carbons (Fsp3) is 0.400. The van der Waals surface area contributed by atoms with Crippen LogP contribution in [0.1, 0.15) is 34.1 Å². The van der Waals surface area contributed by atoms with Crippen LogP contribution in [0.3, 0.4) is 0 Å². The number of hydrogen-bond donors (Lipinski definition) is 6. The minimum absolute atomic E-state index is 0.111. The standard InChI is InChI=1S/C25H30N8O6/c1-13-4-5-14(9-15(13)22(28)36)3-2-7-32(8-6-16(26)25(37)38)10-17-19(34)20(35)24(39-17)33-12-31-18-21(27)29-11-30-23(18)33/h4-5,9,11-12,16-17,19-20,24,34-35H,6-8,10,26H2,1H3,(H2,28,36)(H,37,38)(H2,27,29,30)/t16-,17+,19+,20+,24+/m0/s1. The molecule has 206 valence electrons. The second-order valence-electron chi connectivity index (χ2n) is 9.29. The van der Waals surface area contributed by atoms with Crippen LogP contribution in [0.15, 0.2) is 30.9 Å². The molecule has 0 unspecified atom stereocenters. The van der Waals surface area contributed by atoms with Gasteiger partial charge in [-0.2, -0.15) is 0 Å². The molecule has 14 heteroatoms.